The lowest BCUT2D eigenvalue weighted by molar-refractivity contribution is -0.123. The zero-order chi connectivity index (χ0) is 19.9. The summed E-state index contributed by atoms with van der Waals surface area (Å²) in [5.74, 6) is -1.36. The Labute approximate surface area is 165 Å². The summed E-state index contributed by atoms with van der Waals surface area (Å²) in [4.78, 5) is 25.4. The van der Waals surface area contributed by atoms with E-state index in [-0.39, 0.29) is 24.1 Å². The van der Waals surface area contributed by atoms with Crippen LogP contribution in [0.1, 0.15) is 27.4 Å². The molecule has 9 heteroatoms. The molecule has 0 aliphatic carbocycles. The van der Waals surface area contributed by atoms with E-state index in [1.165, 1.54) is 4.90 Å². The molecule has 1 saturated heterocycles. The normalized spacial score (nSPS) is 14.4. The van der Waals surface area contributed by atoms with Gasteiger partial charge in [0.05, 0.1) is 18.8 Å². The Hall–Kier alpha value is -2.39. The van der Waals surface area contributed by atoms with Crippen LogP contribution in [0.2, 0.25) is 0 Å². The third-order valence-corrected chi connectivity index (χ3v) is 4.93. The summed E-state index contributed by atoms with van der Waals surface area (Å²) in [6.45, 7) is 2.12. The van der Waals surface area contributed by atoms with Gasteiger partial charge in [-0.1, -0.05) is 23.9 Å². The maximum atomic E-state index is 12.4. The van der Waals surface area contributed by atoms with Crippen molar-refractivity contribution >= 4 is 23.6 Å². The molecule has 1 aliphatic rings. The molecule has 0 atom stereocenters. The van der Waals surface area contributed by atoms with Gasteiger partial charge < -0.3 is 20.0 Å². The number of rotatable bonds is 8. The van der Waals surface area contributed by atoms with Crippen molar-refractivity contribution in [3.8, 4) is 0 Å². The molecule has 2 amide bonds. The summed E-state index contributed by atoms with van der Waals surface area (Å²) in [6, 6.07) is 10.7. The molecule has 0 bridgehead atoms. The van der Waals surface area contributed by atoms with Crippen LogP contribution >= 0.6 is 11.8 Å². The van der Waals surface area contributed by atoms with Crippen molar-refractivity contribution in [2.45, 2.75) is 24.6 Å². The summed E-state index contributed by atoms with van der Waals surface area (Å²) in [6.07, 6.45) is 0. The van der Waals surface area contributed by atoms with E-state index < -0.39 is 5.76 Å². The van der Waals surface area contributed by atoms with Gasteiger partial charge in [-0.05, 0) is 29.8 Å². The first-order chi connectivity index (χ1) is 13.5. The third kappa shape index (κ3) is 5.80. The van der Waals surface area contributed by atoms with Crippen LogP contribution in [0.4, 0.5) is 8.78 Å². The average molecular weight is 409 g/mol. The maximum absolute atomic E-state index is 12.4. The Kier molecular flexibility index (Phi) is 7.05. The molecule has 0 unspecified atom stereocenters. The summed E-state index contributed by atoms with van der Waals surface area (Å²) in [7, 11) is 0. The second kappa shape index (κ2) is 9.70. The number of furan rings is 1. The number of hydrogen-bond acceptors (Lipinski definition) is 5. The molecular formula is C19H21F2N3O3S. The van der Waals surface area contributed by atoms with E-state index >= 15 is 0 Å². The number of piperazine rings is 1. The monoisotopic (exact) mass is 409 g/mol. The molecule has 2 N–H and O–H groups in total. The lowest BCUT2D eigenvalue weighted by Crippen LogP contribution is -2.49. The van der Waals surface area contributed by atoms with Gasteiger partial charge in [0.25, 0.3) is 11.7 Å². The molecule has 2 aromatic rings. The highest BCUT2D eigenvalue weighted by Crippen LogP contribution is 2.21. The highest BCUT2D eigenvalue weighted by Gasteiger charge is 2.22. The summed E-state index contributed by atoms with van der Waals surface area (Å²) in [5, 5.41) is 5.91. The van der Waals surface area contributed by atoms with E-state index in [1.54, 1.807) is 24.3 Å². The van der Waals surface area contributed by atoms with Crippen molar-refractivity contribution in [2.24, 2.45) is 0 Å². The topological polar surface area (TPSA) is 74.6 Å². The van der Waals surface area contributed by atoms with Gasteiger partial charge in [0.2, 0.25) is 5.91 Å². The highest BCUT2D eigenvalue weighted by atomic mass is 32.2. The third-order valence-electron chi connectivity index (χ3n) is 4.22. The van der Waals surface area contributed by atoms with Crippen molar-refractivity contribution in [1.29, 1.82) is 0 Å². The molecule has 28 heavy (non-hydrogen) atoms. The molecule has 1 aliphatic heterocycles. The standard InChI is InChI=1S/C19H21F2N3O3S/c20-19(21)28-12-16-6-5-15(27-16)10-22-9-13-1-3-14(4-2-13)18(26)24-8-7-23-17(25)11-24/h1-6,19,22H,7-12H2,(H,23,25). The fraction of sp³-hybridized carbons (Fsp3) is 0.368. The number of alkyl halides is 2. The molecule has 1 fully saturated rings. The number of carbonyl (C=O) groups excluding carboxylic acids is 2. The largest absolute Gasteiger partial charge is 0.464 e. The van der Waals surface area contributed by atoms with E-state index in [2.05, 4.69) is 10.6 Å². The predicted molar refractivity (Wildman–Crippen MR) is 102 cm³/mol. The second-order valence-corrected chi connectivity index (χ2v) is 7.30. The van der Waals surface area contributed by atoms with E-state index in [0.29, 0.717) is 55.0 Å². The van der Waals surface area contributed by atoms with E-state index in [4.69, 9.17) is 4.42 Å². The summed E-state index contributed by atoms with van der Waals surface area (Å²) < 4.78 is 29.9. The molecule has 0 radical (unpaired) electrons. The Morgan fingerprint density at radius 2 is 1.93 bits per heavy atom. The van der Waals surface area contributed by atoms with Crippen LogP contribution in [-0.4, -0.2) is 42.1 Å². The van der Waals surface area contributed by atoms with Crippen molar-refractivity contribution in [1.82, 2.24) is 15.5 Å². The zero-order valence-corrected chi connectivity index (χ0v) is 15.9. The number of benzene rings is 1. The Bertz CT molecular complexity index is 811. The Morgan fingerprint density at radius 3 is 2.64 bits per heavy atom. The maximum Gasteiger partial charge on any atom is 0.284 e. The van der Waals surface area contributed by atoms with Gasteiger partial charge in [-0.25, -0.2) is 0 Å². The Morgan fingerprint density at radius 1 is 1.18 bits per heavy atom. The second-order valence-electron chi connectivity index (χ2n) is 6.32. The zero-order valence-electron chi connectivity index (χ0n) is 15.1. The van der Waals surface area contributed by atoms with Gasteiger partial charge in [-0.3, -0.25) is 9.59 Å². The molecule has 1 aromatic heterocycles. The molecular weight excluding hydrogens is 388 g/mol. The van der Waals surface area contributed by atoms with Crippen LogP contribution in [-0.2, 0) is 23.6 Å². The van der Waals surface area contributed by atoms with Crippen LogP contribution in [0.15, 0.2) is 40.8 Å². The number of nitrogens with one attached hydrogen (secondary N) is 2. The molecule has 3 rings (SSSR count). The van der Waals surface area contributed by atoms with Crippen molar-refractivity contribution < 1.29 is 22.8 Å². The number of hydrogen-bond donors (Lipinski definition) is 2. The molecule has 0 spiro atoms. The fourth-order valence-electron chi connectivity index (χ4n) is 2.83. The minimum atomic E-state index is -2.41. The first-order valence-corrected chi connectivity index (χ1v) is 9.89. The van der Waals surface area contributed by atoms with Gasteiger partial charge in [-0.2, -0.15) is 8.78 Å². The van der Waals surface area contributed by atoms with Gasteiger partial charge in [-0.15, -0.1) is 0 Å². The van der Waals surface area contributed by atoms with Crippen molar-refractivity contribution in [3.05, 3.63) is 59.0 Å². The predicted octanol–water partition coefficient (Wildman–Crippen LogP) is 2.60. The molecule has 1 aromatic carbocycles. The number of carbonyl (C=O) groups is 2. The average Bonchev–Trinajstić information content (AvgIpc) is 3.14. The number of halogens is 2. The number of nitrogens with zero attached hydrogens (tertiary/aromatic N) is 1. The van der Waals surface area contributed by atoms with Gasteiger partial charge in [0, 0.05) is 25.2 Å². The van der Waals surface area contributed by atoms with Gasteiger partial charge >= 0.3 is 0 Å². The number of thioether (sulfide) groups is 1. The first kappa shape index (κ1) is 20.3. The van der Waals surface area contributed by atoms with Crippen LogP contribution in [0, 0.1) is 0 Å². The van der Waals surface area contributed by atoms with E-state index in [9.17, 15) is 18.4 Å². The highest BCUT2D eigenvalue weighted by molar-refractivity contribution is 7.98. The van der Waals surface area contributed by atoms with Crippen molar-refractivity contribution in [2.75, 3.05) is 19.6 Å². The van der Waals surface area contributed by atoms with Gasteiger partial charge in [0.15, 0.2) is 0 Å². The summed E-state index contributed by atoms with van der Waals surface area (Å²) >= 11 is 0.532. The van der Waals surface area contributed by atoms with E-state index in [0.717, 1.165) is 5.56 Å². The minimum Gasteiger partial charge on any atom is -0.464 e. The van der Waals surface area contributed by atoms with Gasteiger partial charge in [0.1, 0.15) is 11.5 Å². The lowest BCUT2D eigenvalue weighted by Gasteiger charge is -2.26. The molecule has 2 heterocycles. The van der Waals surface area contributed by atoms with E-state index in [1.807, 2.05) is 12.1 Å². The van der Waals surface area contributed by atoms with Crippen LogP contribution in [0.3, 0.4) is 0 Å². The molecule has 6 nitrogen and oxygen atoms in total. The minimum absolute atomic E-state index is 0.0864. The quantitative estimate of drug-likeness (QED) is 0.701. The molecule has 0 saturated carbocycles. The smallest absolute Gasteiger partial charge is 0.284 e. The summed E-state index contributed by atoms with van der Waals surface area (Å²) in [5.41, 5.74) is 1.54. The molecule has 150 valence electrons. The number of amides is 2. The van der Waals surface area contributed by atoms with Crippen molar-refractivity contribution in [3.63, 3.8) is 0 Å². The van der Waals surface area contributed by atoms with Crippen LogP contribution in [0.25, 0.3) is 0 Å². The fourth-order valence-corrected chi connectivity index (χ4v) is 3.28. The SMILES string of the molecule is O=C1CN(C(=O)c2ccc(CNCc3ccc(CSC(F)F)o3)cc2)CCN1. The first-order valence-electron chi connectivity index (χ1n) is 8.84. The Balaban J connectivity index is 1.45. The lowest BCUT2D eigenvalue weighted by atomic mass is 10.1. The van der Waals surface area contributed by atoms with Crippen LogP contribution in [0.5, 0.6) is 0 Å². The van der Waals surface area contributed by atoms with Crippen LogP contribution < -0.4 is 10.6 Å².